The lowest BCUT2D eigenvalue weighted by molar-refractivity contribution is -0.128. The van der Waals surface area contributed by atoms with Gasteiger partial charge in [-0.3, -0.25) is 9.79 Å². The van der Waals surface area contributed by atoms with Crippen molar-refractivity contribution in [3.63, 3.8) is 0 Å². The molecule has 0 atom stereocenters. The Morgan fingerprint density at radius 2 is 1.94 bits per heavy atom. The minimum Gasteiger partial charge on any atom is -0.370 e. The molecular formula is C12H25IN4O. The van der Waals surface area contributed by atoms with Gasteiger partial charge in [-0.1, -0.05) is 12.2 Å². The van der Waals surface area contributed by atoms with Crippen LogP contribution in [0.25, 0.3) is 0 Å². The summed E-state index contributed by atoms with van der Waals surface area (Å²) < 4.78 is 0. The number of carbonyl (C=O) groups is 1. The number of aliphatic imine (C=N–C) groups is 1. The molecule has 106 valence electrons. The molecule has 0 fully saturated rings. The molecule has 0 radical (unpaired) electrons. The van der Waals surface area contributed by atoms with Crippen molar-refractivity contribution >= 4 is 35.8 Å². The predicted molar refractivity (Wildman–Crippen MR) is 87.2 cm³/mol. The molecule has 1 amide bonds. The maximum Gasteiger partial charge on any atom is 0.227 e. The number of hydrogen-bond acceptors (Lipinski definition) is 2. The van der Waals surface area contributed by atoms with Gasteiger partial charge in [0.15, 0.2) is 5.96 Å². The molecule has 4 N–H and O–H groups in total. The van der Waals surface area contributed by atoms with E-state index < -0.39 is 5.41 Å². The van der Waals surface area contributed by atoms with Crippen LogP contribution in [0.2, 0.25) is 0 Å². The second-order valence-electron chi connectivity index (χ2n) is 4.76. The number of nitrogens with one attached hydrogen (secondary N) is 2. The van der Waals surface area contributed by atoms with Crippen LogP contribution in [0.4, 0.5) is 0 Å². The number of nitrogens with zero attached hydrogens (tertiary/aromatic N) is 1. The highest BCUT2D eigenvalue weighted by Crippen LogP contribution is 2.15. The van der Waals surface area contributed by atoms with Gasteiger partial charge in [-0.25, -0.2) is 0 Å². The second-order valence-corrected chi connectivity index (χ2v) is 4.76. The van der Waals surface area contributed by atoms with Crippen LogP contribution in [0, 0.1) is 5.41 Å². The summed E-state index contributed by atoms with van der Waals surface area (Å²) in [4.78, 5) is 15.8. The number of nitrogens with two attached hydrogens (primary N) is 1. The molecule has 5 nitrogen and oxygen atoms in total. The minimum absolute atomic E-state index is 0. The first-order valence-corrected chi connectivity index (χ1v) is 5.76. The molecule has 18 heavy (non-hydrogen) atoms. The molecule has 0 aliphatic carbocycles. The average Bonchev–Trinajstić information content (AvgIpc) is 2.24. The van der Waals surface area contributed by atoms with Gasteiger partial charge in [0, 0.05) is 13.1 Å². The Morgan fingerprint density at radius 3 is 2.39 bits per heavy atom. The summed E-state index contributed by atoms with van der Waals surface area (Å²) in [7, 11) is 0. The maximum atomic E-state index is 11.7. The van der Waals surface area contributed by atoms with E-state index in [1.807, 2.05) is 27.7 Å². The fourth-order valence-electron chi connectivity index (χ4n) is 1.05. The van der Waals surface area contributed by atoms with Crippen LogP contribution in [-0.2, 0) is 4.79 Å². The Bertz CT molecular complexity index is 313. The second kappa shape index (κ2) is 9.18. The smallest absolute Gasteiger partial charge is 0.227 e. The molecule has 0 saturated carbocycles. The van der Waals surface area contributed by atoms with E-state index in [-0.39, 0.29) is 29.9 Å². The zero-order valence-electron chi connectivity index (χ0n) is 11.7. The van der Waals surface area contributed by atoms with E-state index in [9.17, 15) is 4.79 Å². The topological polar surface area (TPSA) is 79.5 Å². The van der Waals surface area contributed by atoms with Gasteiger partial charge in [-0.05, 0) is 27.7 Å². The highest BCUT2D eigenvalue weighted by atomic mass is 127. The van der Waals surface area contributed by atoms with E-state index in [1.165, 1.54) is 0 Å². The number of carbonyl (C=O) groups excluding carboxylic acids is 1. The molecule has 0 saturated heterocycles. The lowest BCUT2D eigenvalue weighted by Gasteiger charge is -2.21. The molecule has 0 aromatic heterocycles. The summed E-state index contributed by atoms with van der Waals surface area (Å²) in [6.45, 7) is 12.8. The molecule has 0 heterocycles. The van der Waals surface area contributed by atoms with Crippen molar-refractivity contribution in [1.82, 2.24) is 10.6 Å². The van der Waals surface area contributed by atoms with E-state index in [4.69, 9.17) is 5.73 Å². The molecule has 0 aliphatic heterocycles. The van der Waals surface area contributed by atoms with Crippen LogP contribution >= 0.6 is 24.0 Å². The predicted octanol–water partition coefficient (Wildman–Crippen LogP) is 1.25. The van der Waals surface area contributed by atoms with Gasteiger partial charge >= 0.3 is 0 Å². The van der Waals surface area contributed by atoms with Crippen LogP contribution in [0.1, 0.15) is 27.7 Å². The number of amides is 1. The first-order valence-electron chi connectivity index (χ1n) is 5.76. The maximum absolute atomic E-state index is 11.7. The van der Waals surface area contributed by atoms with Gasteiger partial charge in [0.1, 0.15) is 0 Å². The van der Waals surface area contributed by atoms with Crippen molar-refractivity contribution in [2.45, 2.75) is 27.7 Å². The van der Waals surface area contributed by atoms with E-state index in [0.29, 0.717) is 25.6 Å². The average molecular weight is 368 g/mol. The normalized spacial score (nSPS) is 11.4. The fourth-order valence-corrected chi connectivity index (χ4v) is 1.05. The third-order valence-electron chi connectivity index (χ3n) is 2.17. The number of guanidine groups is 1. The van der Waals surface area contributed by atoms with Crippen molar-refractivity contribution in [2.75, 3.05) is 19.6 Å². The Kier molecular flexibility index (Phi) is 9.97. The zero-order valence-corrected chi connectivity index (χ0v) is 14.0. The summed E-state index contributed by atoms with van der Waals surface area (Å²) >= 11 is 0. The van der Waals surface area contributed by atoms with Crippen LogP contribution < -0.4 is 16.4 Å². The minimum atomic E-state index is -0.550. The van der Waals surface area contributed by atoms with Crippen LogP contribution in [0.15, 0.2) is 17.1 Å². The molecular weight excluding hydrogens is 343 g/mol. The van der Waals surface area contributed by atoms with Crippen molar-refractivity contribution in [3.8, 4) is 0 Å². The Morgan fingerprint density at radius 1 is 1.39 bits per heavy atom. The Hall–Kier alpha value is -0.790. The molecule has 0 unspecified atom stereocenters. The first-order chi connectivity index (χ1) is 7.79. The summed E-state index contributed by atoms with van der Waals surface area (Å²) in [6, 6.07) is 0. The molecule has 0 bridgehead atoms. The van der Waals surface area contributed by atoms with Gasteiger partial charge in [0.05, 0.1) is 12.0 Å². The van der Waals surface area contributed by atoms with E-state index >= 15 is 0 Å². The van der Waals surface area contributed by atoms with Crippen LogP contribution in [0.5, 0.6) is 0 Å². The van der Waals surface area contributed by atoms with Gasteiger partial charge in [0.25, 0.3) is 0 Å². The lowest BCUT2D eigenvalue weighted by Crippen LogP contribution is -2.40. The highest BCUT2D eigenvalue weighted by molar-refractivity contribution is 14.0. The summed E-state index contributed by atoms with van der Waals surface area (Å²) in [5, 5.41) is 5.70. The molecule has 0 aliphatic rings. The van der Waals surface area contributed by atoms with Crippen molar-refractivity contribution in [3.05, 3.63) is 12.2 Å². The van der Waals surface area contributed by atoms with E-state index in [1.54, 1.807) is 0 Å². The van der Waals surface area contributed by atoms with E-state index in [0.717, 1.165) is 5.57 Å². The third kappa shape index (κ3) is 8.32. The van der Waals surface area contributed by atoms with Crippen molar-refractivity contribution in [1.29, 1.82) is 0 Å². The Labute approximate surface area is 127 Å². The largest absolute Gasteiger partial charge is 0.370 e. The van der Waals surface area contributed by atoms with Crippen LogP contribution in [-0.4, -0.2) is 31.5 Å². The summed E-state index contributed by atoms with van der Waals surface area (Å²) in [5.74, 6) is 0.321. The fraction of sp³-hybridized carbons (Fsp3) is 0.667. The highest BCUT2D eigenvalue weighted by Gasteiger charge is 2.26. The number of hydrogen-bond donors (Lipinski definition) is 3. The van der Waals surface area contributed by atoms with Gasteiger partial charge in [0.2, 0.25) is 5.91 Å². The molecule has 0 spiro atoms. The number of halogens is 1. The molecule has 0 aromatic carbocycles. The van der Waals surface area contributed by atoms with Gasteiger partial charge in [-0.15, -0.1) is 24.0 Å². The zero-order chi connectivity index (χ0) is 13.5. The SMILES string of the molecule is C=C(C)CNC(N)=NCC(C)(C)C(=O)NCC.I. The van der Waals surface area contributed by atoms with Crippen molar-refractivity contribution in [2.24, 2.45) is 16.1 Å². The lowest BCUT2D eigenvalue weighted by atomic mass is 9.92. The van der Waals surface area contributed by atoms with Crippen molar-refractivity contribution < 1.29 is 4.79 Å². The molecule has 0 aromatic rings. The quantitative estimate of drug-likeness (QED) is 0.286. The summed E-state index contributed by atoms with van der Waals surface area (Å²) in [5.41, 5.74) is 6.10. The number of rotatable bonds is 6. The third-order valence-corrected chi connectivity index (χ3v) is 2.17. The Balaban J connectivity index is 0. The van der Waals surface area contributed by atoms with Gasteiger partial charge in [-0.2, -0.15) is 0 Å². The van der Waals surface area contributed by atoms with Gasteiger partial charge < -0.3 is 16.4 Å². The monoisotopic (exact) mass is 368 g/mol. The molecule has 6 heteroatoms. The first kappa shape index (κ1) is 19.5. The van der Waals surface area contributed by atoms with E-state index in [2.05, 4.69) is 22.2 Å². The summed E-state index contributed by atoms with van der Waals surface area (Å²) in [6.07, 6.45) is 0. The molecule has 0 rings (SSSR count). The standard InChI is InChI=1S/C12H24N4O.HI/c1-6-14-10(17)12(4,5)8-16-11(13)15-7-9(2)3;/h2,6-8H2,1,3-5H3,(H,14,17)(H3,13,15,16);1H. The van der Waals surface area contributed by atoms with Crippen LogP contribution in [0.3, 0.4) is 0 Å².